The second kappa shape index (κ2) is 6.92. The number of hydrogen-bond donors (Lipinski definition) is 2. The maximum absolute atomic E-state index is 12.0. The second-order valence-corrected chi connectivity index (χ2v) is 5.44. The van der Waals surface area contributed by atoms with Crippen molar-refractivity contribution in [3.05, 3.63) is 20.8 Å². The Morgan fingerprint density at radius 3 is 2.48 bits per heavy atom. The van der Waals surface area contributed by atoms with E-state index < -0.39 is 16.8 Å². The number of aromatic nitrogens is 2. The van der Waals surface area contributed by atoms with E-state index in [1.54, 1.807) is 0 Å². The lowest BCUT2D eigenvalue weighted by atomic mass is 10.4. The van der Waals surface area contributed by atoms with Crippen molar-refractivity contribution in [3.63, 3.8) is 0 Å². The van der Waals surface area contributed by atoms with E-state index >= 15 is 0 Å². The van der Waals surface area contributed by atoms with Crippen LogP contribution in [0.5, 0.6) is 0 Å². The number of alkyl halides is 3. The molecule has 0 fully saturated rings. The van der Waals surface area contributed by atoms with Crippen LogP contribution >= 0.6 is 11.8 Å². The first-order valence-electron chi connectivity index (χ1n) is 6.23. The summed E-state index contributed by atoms with van der Waals surface area (Å²) in [6.07, 6.45) is 0.631. The van der Waals surface area contributed by atoms with Crippen LogP contribution in [0.2, 0.25) is 0 Å². The lowest BCUT2D eigenvalue weighted by Gasteiger charge is -2.15. The molecule has 1 aromatic rings. The summed E-state index contributed by atoms with van der Waals surface area (Å²) in [7, 11) is 1.30. The summed E-state index contributed by atoms with van der Waals surface area (Å²) in [5, 5.41) is 2.58. The summed E-state index contributed by atoms with van der Waals surface area (Å²) in [6, 6.07) is 0. The predicted molar refractivity (Wildman–Crippen MR) is 77.6 cm³/mol. The molecule has 0 aliphatic carbocycles. The highest BCUT2D eigenvalue weighted by molar-refractivity contribution is 8.00. The van der Waals surface area contributed by atoms with Crippen LogP contribution in [0.1, 0.15) is 13.3 Å². The number of nitrogen functional groups attached to an aromatic ring is 1. The summed E-state index contributed by atoms with van der Waals surface area (Å²) in [6.45, 7) is 2.07. The molecule has 1 rings (SSSR count). The molecule has 0 bridgehead atoms. The second-order valence-electron chi connectivity index (χ2n) is 4.28. The molecule has 1 aromatic heterocycles. The van der Waals surface area contributed by atoms with Crippen molar-refractivity contribution in [1.29, 1.82) is 0 Å². The zero-order chi connectivity index (χ0) is 16.2. The molecule has 0 atom stereocenters. The minimum absolute atomic E-state index is 0.0478. The van der Waals surface area contributed by atoms with E-state index in [4.69, 9.17) is 5.73 Å². The number of nitrogens with one attached hydrogen (secondary N) is 1. The molecule has 0 aromatic carbocycles. The van der Waals surface area contributed by atoms with Crippen molar-refractivity contribution < 1.29 is 13.2 Å². The minimum Gasteiger partial charge on any atom is -0.383 e. The van der Waals surface area contributed by atoms with Gasteiger partial charge in [-0.15, -0.1) is 0 Å². The lowest BCUT2D eigenvalue weighted by Crippen LogP contribution is -2.41. The van der Waals surface area contributed by atoms with E-state index in [9.17, 15) is 22.8 Å². The smallest absolute Gasteiger partial charge is 0.383 e. The molecule has 3 N–H and O–H groups in total. The van der Waals surface area contributed by atoms with Gasteiger partial charge in [0.15, 0.2) is 0 Å². The van der Waals surface area contributed by atoms with Gasteiger partial charge in [-0.05, 0) is 18.2 Å². The molecule has 1 heterocycles. The maximum Gasteiger partial charge on any atom is 0.441 e. The minimum atomic E-state index is -4.32. The van der Waals surface area contributed by atoms with Crippen LogP contribution in [-0.2, 0) is 13.6 Å². The normalized spacial score (nSPS) is 11.7. The van der Waals surface area contributed by atoms with E-state index in [0.717, 1.165) is 4.57 Å². The van der Waals surface area contributed by atoms with Gasteiger partial charge < -0.3 is 11.1 Å². The van der Waals surface area contributed by atoms with Crippen molar-refractivity contribution in [2.75, 3.05) is 23.3 Å². The Balaban J connectivity index is 2.97. The Bertz CT molecular complexity index is 609. The van der Waals surface area contributed by atoms with Crippen LogP contribution in [0.4, 0.5) is 24.7 Å². The third-order valence-electron chi connectivity index (χ3n) is 2.70. The number of anilines is 2. The standard InChI is InChI=1S/C11H17F3N4O2S/c1-3-5-18-8(15)7(9(19)17(2)10(18)20)16-4-6-21-11(12,13)14/h16H,3-6,15H2,1-2H3. The van der Waals surface area contributed by atoms with Crippen molar-refractivity contribution in [1.82, 2.24) is 9.13 Å². The van der Waals surface area contributed by atoms with Gasteiger partial charge in [-0.1, -0.05) is 6.92 Å². The molecule has 21 heavy (non-hydrogen) atoms. The van der Waals surface area contributed by atoms with E-state index in [1.165, 1.54) is 11.6 Å². The van der Waals surface area contributed by atoms with Crippen molar-refractivity contribution in [3.8, 4) is 0 Å². The topological polar surface area (TPSA) is 82.0 Å². The number of rotatable bonds is 6. The zero-order valence-electron chi connectivity index (χ0n) is 11.7. The molecule has 0 saturated carbocycles. The van der Waals surface area contributed by atoms with Crippen molar-refractivity contribution in [2.24, 2.45) is 7.05 Å². The van der Waals surface area contributed by atoms with E-state index in [1.807, 2.05) is 6.92 Å². The number of halogens is 3. The van der Waals surface area contributed by atoms with Gasteiger partial charge in [0.25, 0.3) is 5.56 Å². The van der Waals surface area contributed by atoms with Crippen molar-refractivity contribution >= 4 is 23.3 Å². The van der Waals surface area contributed by atoms with Crippen LogP contribution in [0.3, 0.4) is 0 Å². The Labute approximate surface area is 123 Å². The van der Waals surface area contributed by atoms with Gasteiger partial charge in [0.05, 0.1) is 0 Å². The van der Waals surface area contributed by atoms with E-state index in [-0.39, 0.29) is 35.6 Å². The van der Waals surface area contributed by atoms with Crippen LogP contribution in [-0.4, -0.2) is 26.9 Å². The third-order valence-corrected chi connectivity index (χ3v) is 3.44. The lowest BCUT2D eigenvalue weighted by molar-refractivity contribution is -0.0327. The summed E-state index contributed by atoms with van der Waals surface area (Å²) in [4.78, 5) is 23.8. The van der Waals surface area contributed by atoms with Gasteiger partial charge in [0.2, 0.25) is 0 Å². The van der Waals surface area contributed by atoms with E-state index in [2.05, 4.69) is 5.32 Å². The molecular weight excluding hydrogens is 309 g/mol. The zero-order valence-corrected chi connectivity index (χ0v) is 12.5. The first kappa shape index (κ1) is 17.5. The Kier molecular flexibility index (Phi) is 5.76. The fraction of sp³-hybridized carbons (Fsp3) is 0.636. The van der Waals surface area contributed by atoms with Crippen LogP contribution in [0, 0.1) is 0 Å². The highest BCUT2D eigenvalue weighted by Crippen LogP contribution is 2.29. The molecule has 0 unspecified atom stereocenters. The average Bonchev–Trinajstić information content (AvgIpc) is 2.39. The van der Waals surface area contributed by atoms with Gasteiger partial charge >= 0.3 is 11.2 Å². The highest BCUT2D eigenvalue weighted by atomic mass is 32.2. The quantitative estimate of drug-likeness (QED) is 0.768. The van der Waals surface area contributed by atoms with Crippen LogP contribution < -0.4 is 22.3 Å². The SMILES string of the molecule is CCCn1c(N)c(NCCSC(F)(F)F)c(=O)n(C)c1=O. The van der Waals surface area contributed by atoms with Crippen LogP contribution in [0.25, 0.3) is 0 Å². The molecule has 0 aliphatic heterocycles. The largest absolute Gasteiger partial charge is 0.441 e. The third kappa shape index (κ3) is 4.45. The molecule has 0 amide bonds. The number of nitrogens with zero attached hydrogens (tertiary/aromatic N) is 2. The van der Waals surface area contributed by atoms with Gasteiger partial charge in [-0.2, -0.15) is 13.2 Å². The average molecular weight is 326 g/mol. The van der Waals surface area contributed by atoms with Crippen molar-refractivity contribution in [2.45, 2.75) is 25.4 Å². The van der Waals surface area contributed by atoms with Gasteiger partial charge in [0, 0.05) is 25.9 Å². The molecular formula is C11H17F3N4O2S. The first-order chi connectivity index (χ1) is 9.69. The first-order valence-corrected chi connectivity index (χ1v) is 7.21. The Morgan fingerprint density at radius 2 is 1.95 bits per heavy atom. The summed E-state index contributed by atoms with van der Waals surface area (Å²) in [5.41, 5.74) is 0.200. The summed E-state index contributed by atoms with van der Waals surface area (Å²) < 4.78 is 38.2. The fourth-order valence-corrected chi connectivity index (χ4v) is 2.17. The van der Waals surface area contributed by atoms with Gasteiger partial charge in [-0.3, -0.25) is 13.9 Å². The molecule has 0 saturated heterocycles. The summed E-state index contributed by atoms with van der Waals surface area (Å²) in [5.74, 6) is -0.319. The molecule has 6 nitrogen and oxygen atoms in total. The Hall–Kier alpha value is -1.58. The molecule has 120 valence electrons. The van der Waals surface area contributed by atoms with Crippen LogP contribution in [0.15, 0.2) is 9.59 Å². The highest BCUT2D eigenvalue weighted by Gasteiger charge is 2.27. The molecule has 10 heteroatoms. The number of thioether (sulfide) groups is 1. The Morgan fingerprint density at radius 1 is 1.33 bits per heavy atom. The van der Waals surface area contributed by atoms with Gasteiger partial charge in [0.1, 0.15) is 11.5 Å². The molecule has 0 spiro atoms. The molecule has 0 aliphatic rings. The molecule has 0 radical (unpaired) electrons. The number of nitrogens with two attached hydrogens (primary N) is 1. The summed E-state index contributed by atoms with van der Waals surface area (Å²) >= 11 is -0.194. The maximum atomic E-state index is 12.0. The van der Waals surface area contributed by atoms with E-state index in [0.29, 0.717) is 13.0 Å². The number of hydrogen-bond acceptors (Lipinski definition) is 5. The predicted octanol–water partition coefficient (Wildman–Crippen LogP) is 1.20. The van der Waals surface area contributed by atoms with Gasteiger partial charge in [-0.25, -0.2) is 4.79 Å². The fourth-order valence-electron chi connectivity index (χ4n) is 1.73. The monoisotopic (exact) mass is 326 g/mol.